The van der Waals surface area contributed by atoms with Gasteiger partial charge in [0.15, 0.2) is 5.82 Å². The van der Waals surface area contributed by atoms with Crippen molar-refractivity contribution in [3.63, 3.8) is 0 Å². The first-order valence-corrected chi connectivity index (χ1v) is 11.6. The third-order valence-corrected chi connectivity index (χ3v) is 6.64. The number of aromatic nitrogens is 5. The van der Waals surface area contributed by atoms with E-state index in [0.29, 0.717) is 13.1 Å². The fourth-order valence-corrected chi connectivity index (χ4v) is 4.67. The fourth-order valence-electron chi connectivity index (χ4n) is 4.67. The third kappa shape index (κ3) is 4.45. The highest BCUT2D eigenvalue weighted by molar-refractivity contribution is 5.74. The predicted octanol–water partition coefficient (Wildman–Crippen LogP) is 0.803. The van der Waals surface area contributed by atoms with Gasteiger partial charge in [-0.2, -0.15) is 5.10 Å². The van der Waals surface area contributed by atoms with Crippen molar-refractivity contribution in [3.8, 4) is 11.3 Å². The summed E-state index contributed by atoms with van der Waals surface area (Å²) in [6, 6.07) is 3.54. The summed E-state index contributed by atoms with van der Waals surface area (Å²) >= 11 is 0. The van der Waals surface area contributed by atoms with E-state index in [9.17, 15) is 9.59 Å². The first-order chi connectivity index (χ1) is 16.4. The molecule has 0 aliphatic carbocycles. The molecular weight excluding hydrogens is 432 g/mol. The molecule has 2 aliphatic rings. The summed E-state index contributed by atoms with van der Waals surface area (Å²) in [5, 5.41) is 4.34. The molecule has 0 bridgehead atoms. The van der Waals surface area contributed by atoms with Crippen molar-refractivity contribution in [2.24, 2.45) is 14.1 Å². The molecule has 5 rings (SSSR count). The molecule has 1 amide bonds. The van der Waals surface area contributed by atoms with Crippen LogP contribution >= 0.6 is 0 Å². The van der Waals surface area contributed by atoms with Crippen LogP contribution < -0.4 is 10.5 Å². The van der Waals surface area contributed by atoms with E-state index < -0.39 is 0 Å². The van der Waals surface area contributed by atoms with Crippen molar-refractivity contribution < 1.29 is 4.79 Å². The number of pyridine rings is 1. The second kappa shape index (κ2) is 9.02. The summed E-state index contributed by atoms with van der Waals surface area (Å²) in [5.74, 6) is 0.957. The first kappa shape index (κ1) is 22.3. The monoisotopic (exact) mass is 462 g/mol. The minimum Gasteiger partial charge on any atom is -0.352 e. The molecule has 0 unspecified atom stereocenters. The van der Waals surface area contributed by atoms with Gasteiger partial charge in [0, 0.05) is 90.7 Å². The van der Waals surface area contributed by atoms with Gasteiger partial charge in [-0.25, -0.2) is 9.97 Å². The van der Waals surface area contributed by atoms with Crippen LogP contribution in [0.3, 0.4) is 0 Å². The van der Waals surface area contributed by atoms with Crippen molar-refractivity contribution in [1.82, 2.24) is 34.1 Å². The van der Waals surface area contributed by atoms with Gasteiger partial charge in [-0.3, -0.25) is 19.2 Å². The fraction of sp³-hybridized carbons (Fsp3) is 0.458. The molecule has 1 fully saturated rings. The van der Waals surface area contributed by atoms with Crippen LogP contribution in [-0.2, 0) is 38.4 Å². The second-order valence-electron chi connectivity index (χ2n) is 9.13. The van der Waals surface area contributed by atoms with Crippen molar-refractivity contribution in [2.75, 3.05) is 37.6 Å². The number of nitrogens with zero attached hydrogens (tertiary/aromatic N) is 8. The Morgan fingerprint density at radius 1 is 1.00 bits per heavy atom. The zero-order valence-electron chi connectivity index (χ0n) is 19.9. The Balaban J connectivity index is 1.38. The Bertz CT molecular complexity index is 1270. The summed E-state index contributed by atoms with van der Waals surface area (Å²) in [6.45, 7) is 7.06. The van der Waals surface area contributed by atoms with Gasteiger partial charge in [0.05, 0.1) is 24.1 Å². The number of anilines is 1. The molecule has 0 N–H and O–H groups in total. The van der Waals surface area contributed by atoms with Gasteiger partial charge in [-0.1, -0.05) is 6.07 Å². The molecule has 10 heteroatoms. The van der Waals surface area contributed by atoms with Crippen molar-refractivity contribution in [1.29, 1.82) is 0 Å². The van der Waals surface area contributed by atoms with Crippen molar-refractivity contribution >= 4 is 11.7 Å². The summed E-state index contributed by atoms with van der Waals surface area (Å²) in [5.41, 5.74) is 4.75. The predicted molar refractivity (Wildman–Crippen MR) is 128 cm³/mol. The van der Waals surface area contributed by atoms with E-state index in [1.165, 1.54) is 0 Å². The van der Waals surface area contributed by atoms with Gasteiger partial charge in [0.2, 0.25) is 11.5 Å². The maximum Gasteiger partial charge on any atom is 0.250 e. The number of hydrogen-bond acceptors (Lipinski definition) is 7. The van der Waals surface area contributed by atoms with E-state index in [-0.39, 0.29) is 11.5 Å². The zero-order valence-corrected chi connectivity index (χ0v) is 19.9. The number of aryl methyl sites for hydroxylation is 2. The Morgan fingerprint density at radius 2 is 1.79 bits per heavy atom. The number of carbonyl (C=O) groups excluding carboxylic acids is 1. The Morgan fingerprint density at radius 3 is 2.47 bits per heavy atom. The van der Waals surface area contributed by atoms with Crippen LogP contribution in [0.4, 0.5) is 5.82 Å². The number of amides is 1. The molecule has 0 spiro atoms. The Kier molecular flexibility index (Phi) is 5.91. The summed E-state index contributed by atoms with van der Waals surface area (Å²) in [6.07, 6.45) is 6.41. The number of carbonyl (C=O) groups is 1. The highest BCUT2D eigenvalue weighted by Gasteiger charge is 2.27. The Labute approximate surface area is 198 Å². The van der Waals surface area contributed by atoms with Crippen LogP contribution in [0.2, 0.25) is 0 Å². The molecule has 10 nitrogen and oxygen atoms in total. The molecule has 178 valence electrons. The van der Waals surface area contributed by atoms with E-state index in [1.54, 1.807) is 29.3 Å². The lowest BCUT2D eigenvalue weighted by Crippen LogP contribution is -2.46. The molecule has 0 radical (unpaired) electrons. The summed E-state index contributed by atoms with van der Waals surface area (Å²) in [4.78, 5) is 40.2. The molecule has 1 saturated heterocycles. The number of rotatable bonds is 4. The second-order valence-corrected chi connectivity index (χ2v) is 9.13. The van der Waals surface area contributed by atoms with E-state index in [0.717, 1.165) is 73.2 Å². The average molecular weight is 463 g/mol. The summed E-state index contributed by atoms with van der Waals surface area (Å²) in [7, 11) is 3.68. The van der Waals surface area contributed by atoms with E-state index in [1.807, 2.05) is 36.6 Å². The first-order valence-electron chi connectivity index (χ1n) is 11.6. The van der Waals surface area contributed by atoms with E-state index in [2.05, 4.69) is 14.9 Å². The molecule has 0 aromatic carbocycles. The third-order valence-electron chi connectivity index (χ3n) is 6.64. The normalized spacial score (nSPS) is 16.6. The molecule has 34 heavy (non-hydrogen) atoms. The van der Waals surface area contributed by atoms with Crippen LogP contribution in [0.25, 0.3) is 11.3 Å². The van der Waals surface area contributed by atoms with Gasteiger partial charge >= 0.3 is 0 Å². The molecule has 0 saturated carbocycles. The Hall–Kier alpha value is -3.53. The summed E-state index contributed by atoms with van der Waals surface area (Å²) < 4.78 is 3.40. The van der Waals surface area contributed by atoms with Crippen LogP contribution in [0.5, 0.6) is 0 Å². The van der Waals surface area contributed by atoms with Crippen LogP contribution in [0.1, 0.15) is 23.9 Å². The minimum absolute atomic E-state index is 0.00825. The minimum atomic E-state index is 0.00825. The van der Waals surface area contributed by atoms with Crippen LogP contribution in [0.15, 0.2) is 35.5 Å². The lowest BCUT2D eigenvalue weighted by molar-refractivity contribution is -0.129. The van der Waals surface area contributed by atoms with Crippen molar-refractivity contribution in [2.45, 2.75) is 26.4 Å². The van der Waals surface area contributed by atoms with Crippen molar-refractivity contribution in [3.05, 3.63) is 58.0 Å². The number of fused-ring (bicyclic) bond motifs is 1. The van der Waals surface area contributed by atoms with E-state index in [4.69, 9.17) is 9.97 Å². The molecule has 3 aromatic heterocycles. The van der Waals surface area contributed by atoms with Crippen LogP contribution in [-0.4, -0.2) is 72.7 Å². The SMILES string of the molecule is CC(=O)N1CCc2nc(N3CCN(Cc4ccc(=O)n(C)c4)CC3)c(-c3cnn(C)c3)nc2C1. The molecule has 2 aliphatic heterocycles. The zero-order chi connectivity index (χ0) is 23.8. The molecular formula is C24H30N8O2. The molecule has 3 aromatic rings. The van der Waals surface area contributed by atoms with Gasteiger partial charge in [0.25, 0.3) is 0 Å². The smallest absolute Gasteiger partial charge is 0.250 e. The largest absolute Gasteiger partial charge is 0.352 e. The topological polar surface area (TPSA) is 92.4 Å². The van der Waals surface area contributed by atoms with Gasteiger partial charge in [-0.15, -0.1) is 0 Å². The quantitative estimate of drug-likeness (QED) is 0.566. The van der Waals surface area contributed by atoms with Gasteiger partial charge in [-0.05, 0) is 5.56 Å². The van der Waals surface area contributed by atoms with Crippen LogP contribution in [0, 0.1) is 0 Å². The van der Waals surface area contributed by atoms with Gasteiger partial charge < -0.3 is 14.4 Å². The maximum absolute atomic E-state index is 11.9. The number of hydrogen-bond donors (Lipinski definition) is 0. The molecule has 0 atom stereocenters. The number of piperazine rings is 1. The maximum atomic E-state index is 11.9. The van der Waals surface area contributed by atoms with E-state index >= 15 is 0 Å². The lowest BCUT2D eigenvalue weighted by atomic mass is 10.1. The highest BCUT2D eigenvalue weighted by atomic mass is 16.2. The highest BCUT2D eigenvalue weighted by Crippen LogP contribution is 2.31. The standard InChI is InChI=1S/C24H30N8O2/c1-17(33)32-7-6-20-21(16-32)26-23(19-12-25-29(3)15-19)24(27-20)31-10-8-30(9-11-31)14-18-4-5-22(34)28(2)13-18/h4-5,12-13,15H,6-11,14,16H2,1-3H3. The van der Waals surface area contributed by atoms with Gasteiger partial charge in [0.1, 0.15) is 5.69 Å². The lowest BCUT2D eigenvalue weighted by Gasteiger charge is -2.37. The average Bonchev–Trinajstić information content (AvgIpc) is 3.27. The molecule has 5 heterocycles.